The monoisotopic (exact) mass is 335 g/mol. The third-order valence-corrected chi connectivity index (χ3v) is 5.76. The number of thiophene rings is 1. The molecule has 0 fully saturated rings. The summed E-state index contributed by atoms with van der Waals surface area (Å²) in [5.41, 5.74) is 3.05. The third kappa shape index (κ3) is 2.39. The zero-order valence-corrected chi connectivity index (χ0v) is 13.9. The van der Waals surface area contributed by atoms with E-state index in [0.29, 0.717) is 6.04 Å². The molecular weight excluding hydrogens is 318 g/mol. The van der Waals surface area contributed by atoms with Crippen LogP contribution in [0.5, 0.6) is 0 Å². The first-order valence-electron chi connectivity index (χ1n) is 6.61. The van der Waals surface area contributed by atoms with Crippen LogP contribution in [0.15, 0.2) is 34.8 Å². The average molecular weight is 336 g/mol. The predicted molar refractivity (Wildman–Crippen MR) is 86.9 cm³/mol. The van der Waals surface area contributed by atoms with Crippen molar-refractivity contribution in [3.63, 3.8) is 0 Å². The molecule has 0 aliphatic carbocycles. The Labute approximate surface area is 127 Å². The van der Waals surface area contributed by atoms with Gasteiger partial charge in [0.15, 0.2) is 0 Å². The summed E-state index contributed by atoms with van der Waals surface area (Å²) < 4.78 is 1.13. The van der Waals surface area contributed by atoms with E-state index >= 15 is 0 Å². The molecule has 1 aliphatic rings. The van der Waals surface area contributed by atoms with Gasteiger partial charge in [-0.2, -0.15) is 0 Å². The predicted octanol–water partition coefficient (Wildman–Crippen LogP) is 5.12. The molecule has 2 aromatic rings. The number of nitrogens with one attached hydrogen (secondary N) is 1. The second-order valence-corrected chi connectivity index (χ2v) is 7.88. The maximum atomic E-state index is 3.61. The second-order valence-electron chi connectivity index (χ2n) is 5.88. The van der Waals surface area contributed by atoms with E-state index in [0.717, 1.165) is 11.0 Å². The van der Waals surface area contributed by atoms with Crippen LogP contribution in [0.25, 0.3) is 10.4 Å². The summed E-state index contributed by atoms with van der Waals surface area (Å²) in [6, 6.07) is 11.5. The van der Waals surface area contributed by atoms with Crippen molar-refractivity contribution >= 4 is 27.3 Å². The molecule has 1 unspecified atom stereocenters. The molecule has 0 radical (unpaired) electrons. The smallest absolute Gasteiger partial charge is 0.0389 e. The van der Waals surface area contributed by atoms with Crippen LogP contribution in [-0.4, -0.2) is 6.54 Å². The highest BCUT2D eigenvalue weighted by molar-refractivity contribution is 9.10. The van der Waals surface area contributed by atoms with E-state index < -0.39 is 0 Å². The molecule has 19 heavy (non-hydrogen) atoms. The van der Waals surface area contributed by atoms with Gasteiger partial charge in [0.1, 0.15) is 0 Å². The Morgan fingerprint density at radius 3 is 2.58 bits per heavy atom. The summed E-state index contributed by atoms with van der Waals surface area (Å²) in [6.07, 6.45) is 0. The molecule has 1 aliphatic heterocycles. The molecule has 0 amide bonds. The van der Waals surface area contributed by atoms with Gasteiger partial charge < -0.3 is 5.32 Å². The minimum atomic E-state index is 0.228. The molecule has 0 spiro atoms. The second kappa shape index (κ2) is 4.72. The van der Waals surface area contributed by atoms with Crippen LogP contribution in [-0.2, 0) is 5.41 Å². The number of halogens is 1. The van der Waals surface area contributed by atoms with Crippen molar-refractivity contribution in [3.05, 3.63) is 45.2 Å². The molecule has 1 aromatic carbocycles. The van der Waals surface area contributed by atoms with Crippen molar-refractivity contribution in [1.29, 1.82) is 0 Å². The molecule has 2 heterocycles. The lowest BCUT2D eigenvalue weighted by Gasteiger charge is -2.34. The highest BCUT2D eigenvalue weighted by atomic mass is 79.9. The van der Waals surface area contributed by atoms with Gasteiger partial charge in [-0.1, -0.05) is 41.9 Å². The number of fused-ring (bicyclic) bond motifs is 1. The van der Waals surface area contributed by atoms with Gasteiger partial charge in [0.2, 0.25) is 0 Å². The molecule has 0 saturated heterocycles. The molecule has 1 N–H and O–H groups in total. The van der Waals surface area contributed by atoms with E-state index in [4.69, 9.17) is 0 Å². The highest BCUT2D eigenvalue weighted by Gasteiger charge is 2.32. The van der Waals surface area contributed by atoms with Crippen LogP contribution >= 0.6 is 27.3 Å². The largest absolute Gasteiger partial charge is 0.309 e. The first kappa shape index (κ1) is 13.3. The summed E-state index contributed by atoms with van der Waals surface area (Å²) in [7, 11) is 0. The summed E-state index contributed by atoms with van der Waals surface area (Å²) in [4.78, 5) is 2.87. The Morgan fingerprint density at radius 1 is 1.26 bits per heavy atom. The van der Waals surface area contributed by atoms with E-state index in [-0.39, 0.29) is 5.41 Å². The maximum absolute atomic E-state index is 3.61. The van der Waals surface area contributed by atoms with E-state index in [9.17, 15) is 0 Å². The van der Waals surface area contributed by atoms with Gasteiger partial charge >= 0.3 is 0 Å². The van der Waals surface area contributed by atoms with Gasteiger partial charge in [-0.15, -0.1) is 11.3 Å². The Bertz CT molecular complexity index is 598. The van der Waals surface area contributed by atoms with Gasteiger partial charge in [0.25, 0.3) is 0 Å². The van der Waals surface area contributed by atoms with Crippen LogP contribution in [0.3, 0.4) is 0 Å². The molecule has 0 bridgehead atoms. The number of benzene rings is 1. The summed E-state index contributed by atoms with van der Waals surface area (Å²) in [6.45, 7) is 7.96. The van der Waals surface area contributed by atoms with Gasteiger partial charge in [-0.05, 0) is 36.2 Å². The fourth-order valence-corrected chi connectivity index (χ4v) is 4.25. The third-order valence-electron chi connectivity index (χ3n) is 3.86. The van der Waals surface area contributed by atoms with Gasteiger partial charge in [0.05, 0.1) is 0 Å². The minimum Gasteiger partial charge on any atom is -0.309 e. The minimum absolute atomic E-state index is 0.228. The first-order valence-corrected chi connectivity index (χ1v) is 8.22. The lowest BCUT2D eigenvalue weighted by atomic mass is 9.80. The molecular formula is C16H18BrNS. The lowest BCUT2D eigenvalue weighted by Crippen LogP contribution is -2.39. The van der Waals surface area contributed by atoms with Crippen molar-refractivity contribution < 1.29 is 0 Å². The summed E-state index contributed by atoms with van der Waals surface area (Å²) in [5.74, 6) is 0. The highest BCUT2D eigenvalue weighted by Crippen LogP contribution is 2.43. The first-order chi connectivity index (χ1) is 8.97. The Hall–Kier alpha value is -0.640. The Kier molecular flexibility index (Phi) is 3.32. The van der Waals surface area contributed by atoms with Gasteiger partial charge in [-0.25, -0.2) is 0 Å². The molecule has 0 saturated carbocycles. The molecule has 3 heteroatoms. The number of hydrogen-bond acceptors (Lipinski definition) is 2. The van der Waals surface area contributed by atoms with Crippen LogP contribution in [0.2, 0.25) is 0 Å². The standard InChI is InChI=1S/C16H18BrNS/c1-10-15-13(16(2,3)9-18-10)8-14(19-15)11-4-6-12(17)7-5-11/h4-8,10,18H,9H2,1-3H3. The van der Waals surface area contributed by atoms with Gasteiger partial charge in [0, 0.05) is 32.2 Å². The molecule has 1 aromatic heterocycles. The van der Waals surface area contributed by atoms with E-state index in [1.807, 2.05) is 11.3 Å². The quantitative estimate of drug-likeness (QED) is 0.762. The van der Waals surface area contributed by atoms with Crippen molar-refractivity contribution in [2.45, 2.75) is 32.2 Å². The maximum Gasteiger partial charge on any atom is 0.0389 e. The molecule has 1 nitrogen and oxygen atoms in total. The lowest BCUT2D eigenvalue weighted by molar-refractivity contribution is 0.401. The number of hydrogen-bond donors (Lipinski definition) is 1. The molecule has 1 atom stereocenters. The van der Waals surface area contributed by atoms with Crippen molar-refractivity contribution in [2.75, 3.05) is 6.54 Å². The Morgan fingerprint density at radius 2 is 1.95 bits per heavy atom. The van der Waals surface area contributed by atoms with Crippen LogP contribution in [0.4, 0.5) is 0 Å². The topological polar surface area (TPSA) is 12.0 Å². The van der Waals surface area contributed by atoms with Crippen LogP contribution in [0.1, 0.15) is 37.3 Å². The normalized spacial score (nSPS) is 21.2. The number of rotatable bonds is 1. The van der Waals surface area contributed by atoms with E-state index in [1.165, 1.54) is 20.9 Å². The fourth-order valence-electron chi connectivity index (χ4n) is 2.61. The van der Waals surface area contributed by atoms with Gasteiger partial charge in [-0.3, -0.25) is 0 Å². The van der Waals surface area contributed by atoms with E-state index in [2.05, 4.69) is 72.3 Å². The van der Waals surface area contributed by atoms with Crippen LogP contribution in [0, 0.1) is 0 Å². The average Bonchev–Trinajstić information content (AvgIpc) is 2.82. The summed E-state index contributed by atoms with van der Waals surface area (Å²) in [5, 5.41) is 3.61. The van der Waals surface area contributed by atoms with Crippen molar-refractivity contribution in [2.24, 2.45) is 0 Å². The van der Waals surface area contributed by atoms with Crippen LogP contribution < -0.4 is 5.32 Å². The molecule has 3 rings (SSSR count). The fraction of sp³-hybridized carbons (Fsp3) is 0.375. The van der Waals surface area contributed by atoms with Crippen molar-refractivity contribution in [1.82, 2.24) is 5.32 Å². The SMILES string of the molecule is CC1NCC(C)(C)c2cc(-c3ccc(Br)cc3)sc21. The molecule has 100 valence electrons. The van der Waals surface area contributed by atoms with Crippen molar-refractivity contribution in [3.8, 4) is 10.4 Å². The Balaban J connectivity index is 2.08. The van der Waals surface area contributed by atoms with E-state index in [1.54, 1.807) is 0 Å². The zero-order chi connectivity index (χ0) is 13.6. The zero-order valence-electron chi connectivity index (χ0n) is 11.5. The summed E-state index contributed by atoms with van der Waals surface area (Å²) >= 11 is 5.42.